The molecule has 6 heteroatoms. The summed E-state index contributed by atoms with van der Waals surface area (Å²) >= 11 is 0. The molecule has 0 saturated carbocycles. The van der Waals surface area contributed by atoms with Crippen LogP contribution in [0.15, 0.2) is 85.1 Å². The van der Waals surface area contributed by atoms with E-state index in [1.807, 2.05) is 30.3 Å². The number of hydrogen-bond acceptors (Lipinski definition) is 6. The first-order valence-electron chi connectivity index (χ1n) is 13.9. The predicted molar refractivity (Wildman–Crippen MR) is 153 cm³/mol. The zero-order valence-electron chi connectivity index (χ0n) is 22.5. The SMILES string of the molecule is CC(=O)OC(COc1cccc2ncccc12)CN1CCN(C2c3ccccc3CCc3ccccc32)CC1. The number of hydrogen-bond donors (Lipinski definition) is 0. The fourth-order valence-corrected chi connectivity index (χ4v) is 6.12. The molecule has 0 radical (unpaired) electrons. The van der Waals surface area contributed by atoms with Crippen LogP contribution < -0.4 is 4.74 Å². The van der Waals surface area contributed by atoms with E-state index in [2.05, 4.69) is 63.3 Å². The number of pyridine rings is 1. The zero-order chi connectivity index (χ0) is 26.6. The van der Waals surface area contributed by atoms with Crippen LogP contribution in [0.3, 0.4) is 0 Å². The van der Waals surface area contributed by atoms with Gasteiger partial charge in [0.2, 0.25) is 0 Å². The van der Waals surface area contributed by atoms with Crippen molar-refractivity contribution in [2.75, 3.05) is 39.3 Å². The third-order valence-electron chi connectivity index (χ3n) is 7.96. The largest absolute Gasteiger partial charge is 0.489 e. The lowest BCUT2D eigenvalue weighted by Gasteiger charge is -2.41. The highest BCUT2D eigenvalue weighted by Crippen LogP contribution is 2.37. The standard InChI is InChI=1S/C33H35N3O3/c1-24(37)39-27(23-38-32-14-6-13-31-30(32)12-7-17-34-31)22-35-18-20-36(21-19-35)33-28-10-4-2-8-25(28)15-16-26-9-3-5-11-29(26)33/h2-14,17,27,33H,15-16,18-23H2,1H3. The van der Waals surface area contributed by atoms with E-state index in [9.17, 15) is 4.79 Å². The molecule has 1 aliphatic heterocycles. The predicted octanol–water partition coefficient (Wildman–Crippen LogP) is 5.05. The topological polar surface area (TPSA) is 54.9 Å². The molecule has 2 heterocycles. The lowest BCUT2D eigenvalue weighted by Crippen LogP contribution is -2.50. The maximum atomic E-state index is 11.9. The number of aryl methyl sites for hydroxylation is 2. The van der Waals surface area contributed by atoms with E-state index < -0.39 is 0 Å². The van der Waals surface area contributed by atoms with Gasteiger partial charge in [-0.15, -0.1) is 0 Å². The second kappa shape index (κ2) is 11.6. The van der Waals surface area contributed by atoms with Crippen LogP contribution in [0.1, 0.15) is 35.2 Å². The number of ether oxygens (including phenoxy) is 2. The fraction of sp³-hybridized carbons (Fsp3) is 0.333. The number of esters is 1. The highest BCUT2D eigenvalue weighted by Gasteiger charge is 2.31. The summed E-state index contributed by atoms with van der Waals surface area (Å²) in [7, 11) is 0. The van der Waals surface area contributed by atoms with E-state index in [0.29, 0.717) is 13.2 Å². The van der Waals surface area contributed by atoms with Crippen LogP contribution >= 0.6 is 0 Å². The van der Waals surface area contributed by atoms with Crippen molar-refractivity contribution in [1.29, 1.82) is 0 Å². The van der Waals surface area contributed by atoms with Crippen LogP contribution in [0.4, 0.5) is 0 Å². The second-order valence-electron chi connectivity index (χ2n) is 10.5. The number of piperazine rings is 1. The maximum Gasteiger partial charge on any atom is 0.303 e. The maximum absolute atomic E-state index is 11.9. The Hall–Kier alpha value is -3.74. The van der Waals surface area contributed by atoms with Crippen molar-refractivity contribution in [2.45, 2.75) is 31.9 Å². The van der Waals surface area contributed by atoms with Gasteiger partial charge in [-0.2, -0.15) is 0 Å². The number of fused-ring (bicyclic) bond motifs is 3. The van der Waals surface area contributed by atoms with Crippen molar-refractivity contribution in [1.82, 2.24) is 14.8 Å². The van der Waals surface area contributed by atoms with Crippen molar-refractivity contribution in [3.8, 4) is 5.75 Å². The first-order chi connectivity index (χ1) is 19.2. The molecule has 0 bridgehead atoms. The summed E-state index contributed by atoms with van der Waals surface area (Å²) in [5, 5.41) is 0.958. The monoisotopic (exact) mass is 521 g/mol. The van der Waals surface area contributed by atoms with Gasteiger partial charge in [-0.25, -0.2) is 0 Å². The summed E-state index contributed by atoms with van der Waals surface area (Å²) in [5.41, 5.74) is 6.67. The van der Waals surface area contributed by atoms with Gasteiger partial charge in [-0.1, -0.05) is 54.6 Å². The Kier molecular flexibility index (Phi) is 7.57. The Balaban J connectivity index is 1.14. The highest BCUT2D eigenvalue weighted by molar-refractivity contribution is 5.84. The molecule has 1 aromatic heterocycles. The van der Waals surface area contributed by atoms with Crippen molar-refractivity contribution in [2.24, 2.45) is 0 Å². The first kappa shape index (κ1) is 25.5. The molecule has 1 aliphatic carbocycles. The summed E-state index contributed by atoms with van der Waals surface area (Å²) < 4.78 is 11.9. The minimum atomic E-state index is -0.347. The molecule has 2 aliphatic rings. The van der Waals surface area contributed by atoms with Crippen LogP contribution in [-0.4, -0.2) is 66.2 Å². The number of aromatic nitrogens is 1. The molecular formula is C33H35N3O3. The number of carbonyl (C=O) groups is 1. The van der Waals surface area contributed by atoms with Gasteiger partial charge in [-0.3, -0.25) is 19.6 Å². The molecule has 1 saturated heterocycles. The third-order valence-corrected chi connectivity index (χ3v) is 7.96. The van der Waals surface area contributed by atoms with Crippen molar-refractivity contribution in [3.05, 3.63) is 107 Å². The fourth-order valence-electron chi connectivity index (χ4n) is 6.12. The summed E-state index contributed by atoms with van der Waals surface area (Å²) in [6.45, 7) is 6.15. The Labute approximate surface area is 230 Å². The van der Waals surface area contributed by atoms with Gasteiger partial charge in [0.25, 0.3) is 0 Å². The zero-order valence-corrected chi connectivity index (χ0v) is 22.5. The molecule has 6 rings (SSSR count). The molecule has 39 heavy (non-hydrogen) atoms. The van der Waals surface area contributed by atoms with Crippen LogP contribution in [0.5, 0.6) is 5.75 Å². The quantitative estimate of drug-likeness (QED) is 0.317. The van der Waals surface area contributed by atoms with E-state index in [0.717, 1.165) is 55.7 Å². The molecular weight excluding hydrogens is 486 g/mol. The van der Waals surface area contributed by atoms with Gasteiger partial charge < -0.3 is 9.47 Å². The highest BCUT2D eigenvalue weighted by atomic mass is 16.6. The summed E-state index contributed by atoms with van der Waals surface area (Å²) in [6, 6.07) is 27.9. The van der Waals surface area contributed by atoms with Gasteiger partial charge in [-0.05, 0) is 59.4 Å². The molecule has 0 amide bonds. The van der Waals surface area contributed by atoms with Crippen molar-refractivity contribution < 1.29 is 14.3 Å². The second-order valence-corrected chi connectivity index (χ2v) is 10.5. The van der Waals surface area contributed by atoms with Crippen LogP contribution in [-0.2, 0) is 22.4 Å². The van der Waals surface area contributed by atoms with E-state index in [4.69, 9.17) is 9.47 Å². The van der Waals surface area contributed by atoms with Gasteiger partial charge in [0.1, 0.15) is 18.5 Å². The molecule has 1 atom stereocenters. The lowest BCUT2D eigenvalue weighted by molar-refractivity contribution is -0.149. The molecule has 3 aromatic carbocycles. The van der Waals surface area contributed by atoms with Crippen LogP contribution in [0.25, 0.3) is 10.9 Å². The summed E-state index contributed by atoms with van der Waals surface area (Å²) in [6.07, 6.45) is 3.60. The third kappa shape index (κ3) is 5.68. The minimum Gasteiger partial charge on any atom is -0.489 e. The van der Waals surface area contributed by atoms with E-state index >= 15 is 0 Å². The Morgan fingerprint density at radius 1 is 0.872 bits per heavy atom. The van der Waals surface area contributed by atoms with E-state index in [1.165, 1.54) is 29.2 Å². The average Bonchev–Trinajstić information content (AvgIpc) is 3.13. The molecule has 1 unspecified atom stereocenters. The Morgan fingerprint density at radius 3 is 2.26 bits per heavy atom. The van der Waals surface area contributed by atoms with E-state index in [1.54, 1.807) is 6.20 Å². The van der Waals surface area contributed by atoms with Crippen molar-refractivity contribution in [3.63, 3.8) is 0 Å². The lowest BCUT2D eigenvalue weighted by atomic mass is 9.92. The van der Waals surface area contributed by atoms with Crippen molar-refractivity contribution >= 4 is 16.9 Å². The van der Waals surface area contributed by atoms with Gasteiger partial charge in [0, 0.05) is 51.2 Å². The number of rotatable bonds is 7. The first-order valence-corrected chi connectivity index (χ1v) is 13.9. The number of benzene rings is 3. The molecule has 1 fully saturated rings. The molecule has 0 N–H and O–H groups in total. The summed E-state index contributed by atoms with van der Waals surface area (Å²) in [5.74, 6) is 0.474. The molecule has 0 spiro atoms. The molecule has 200 valence electrons. The van der Waals surface area contributed by atoms with E-state index in [-0.39, 0.29) is 18.1 Å². The summed E-state index contributed by atoms with van der Waals surface area (Å²) in [4.78, 5) is 21.4. The smallest absolute Gasteiger partial charge is 0.303 e. The average molecular weight is 522 g/mol. The Bertz CT molecular complexity index is 1390. The molecule has 4 aromatic rings. The normalized spacial score (nSPS) is 17.2. The minimum absolute atomic E-state index is 0.273. The van der Waals surface area contributed by atoms with Gasteiger partial charge in [0.15, 0.2) is 0 Å². The van der Waals surface area contributed by atoms with Crippen LogP contribution in [0, 0.1) is 0 Å². The van der Waals surface area contributed by atoms with Gasteiger partial charge >= 0.3 is 5.97 Å². The molecule has 6 nitrogen and oxygen atoms in total. The van der Waals surface area contributed by atoms with Gasteiger partial charge in [0.05, 0.1) is 11.6 Å². The Morgan fingerprint density at radius 2 is 1.56 bits per heavy atom. The number of nitrogens with zero attached hydrogens (tertiary/aromatic N) is 3. The number of carbonyl (C=O) groups excluding carboxylic acids is 1. The van der Waals surface area contributed by atoms with Crippen LogP contribution in [0.2, 0.25) is 0 Å².